The molecule has 0 saturated heterocycles. The third kappa shape index (κ3) is 6.12. The molecule has 0 heterocycles. The van der Waals surface area contributed by atoms with E-state index in [1.165, 1.54) is 0 Å². The molecule has 0 aliphatic carbocycles. The summed E-state index contributed by atoms with van der Waals surface area (Å²) in [6.45, 7) is 4.97. The fourth-order valence-corrected chi connectivity index (χ4v) is 0.750. The lowest BCUT2D eigenvalue weighted by Crippen LogP contribution is -2.40. The van der Waals surface area contributed by atoms with E-state index in [0.717, 1.165) is 13.0 Å². The topological polar surface area (TPSA) is 61.4 Å². The molecule has 1 amide bonds. The predicted molar refractivity (Wildman–Crippen MR) is 47.9 cm³/mol. The van der Waals surface area contributed by atoms with Gasteiger partial charge in [0, 0.05) is 6.04 Å². The van der Waals surface area contributed by atoms with E-state index in [2.05, 4.69) is 10.6 Å². The van der Waals surface area contributed by atoms with E-state index in [1.54, 1.807) is 6.92 Å². The Balaban J connectivity index is 3.33. The molecule has 0 saturated carbocycles. The lowest BCUT2D eigenvalue weighted by Gasteiger charge is -2.10. The molecule has 12 heavy (non-hydrogen) atoms. The van der Waals surface area contributed by atoms with Crippen molar-refractivity contribution < 1.29 is 9.90 Å². The number of rotatable bonds is 6. The van der Waals surface area contributed by atoms with E-state index < -0.39 is 0 Å². The lowest BCUT2D eigenvalue weighted by atomic mass is 10.3. The van der Waals surface area contributed by atoms with Gasteiger partial charge in [0.05, 0.1) is 13.2 Å². The maximum atomic E-state index is 11.0. The molecule has 0 unspecified atom stereocenters. The zero-order valence-electron chi connectivity index (χ0n) is 7.76. The number of nitrogens with one attached hydrogen (secondary N) is 2. The van der Waals surface area contributed by atoms with Crippen molar-refractivity contribution in [1.29, 1.82) is 0 Å². The van der Waals surface area contributed by atoms with Crippen molar-refractivity contribution in [2.45, 2.75) is 26.3 Å². The third-order valence-corrected chi connectivity index (χ3v) is 1.39. The molecule has 72 valence electrons. The van der Waals surface area contributed by atoms with Gasteiger partial charge in [-0.1, -0.05) is 6.92 Å². The van der Waals surface area contributed by atoms with Gasteiger partial charge in [-0.15, -0.1) is 0 Å². The second-order valence-electron chi connectivity index (χ2n) is 2.83. The molecule has 4 heteroatoms. The van der Waals surface area contributed by atoms with Crippen molar-refractivity contribution in [1.82, 2.24) is 10.6 Å². The second-order valence-corrected chi connectivity index (χ2v) is 2.83. The first-order chi connectivity index (χ1) is 5.70. The minimum absolute atomic E-state index is 0.0144. The highest BCUT2D eigenvalue weighted by molar-refractivity contribution is 5.78. The first kappa shape index (κ1) is 11.4. The van der Waals surface area contributed by atoms with Crippen LogP contribution in [-0.2, 0) is 4.79 Å². The normalized spacial score (nSPS) is 12.6. The number of aliphatic hydroxyl groups excluding tert-OH is 1. The van der Waals surface area contributed by atoms with E-state index in [-0.39, 0.29) is 18.6 Å². The maximum Gasteiger partial charge on any atom is 0.234 e. The molecular formula is C8H18N2O2. The first-order valence-corrected chi connectivity index (χ1v) is 4.31. The maximum absolute atomic E-state index is 11.0. The van der Waals surface area contributed by atoms with Crippen LogP contribution in [0.2, 0.25) is 0 Å². The summed E-state index contributed by atoms with van der Waals surface area (Å²) in [5, 5.41) is 14.2. The van der Waals surface area contributed by atoms with Crippen LogP contribution in [0.1, 0.15) is 20.3 Å². The molecular weight excluding hydrogens is 156 g/mol. The van der Waals surface area contributed by atoms with Crippen LogP contribution in [0.3, 0.4) is 0 Å². The molecule has 0 rings (SSSR count). The molecule has 0 fully saturated rings. The van der Waals surface area contributed by atoms with E-state index in [9.17, 15) is 4.79 Å². The molecule has 0 spiro atoms. The fraction of sp³-hybridized carbons (Fsp3) is 0.875. The molecule has 0 aliphatic heterocycles. The summed E-state index contributed by atoms with van der Waals surface area (Å²) < 4.78 is 0. The van der Waals surface area contributed by atoms with Gasteiger partial charge in [0.2, 0.25) is 5.91 Å². The average molecular weight is 174 g/mol. The minimum atomic E-state index is -0.152. The van der Waals surface area contributed by atoms with Gasteiger partial charge < -0.3 is 15.7 Å². The lowest BCUT2D eigenvalue weighted by molar-refractivity contribution is -0.121. The monoisotopic (exact) mass is 174 g/mol. The van der Waals surface area contributed by atoms with Crippen LogP contribution in [-0.4, -0.2) is 36.8 Å². The van der Waals surface area contributed by atoms with Gasteiger partial charge in [-0.2, -0.15) is 0 Å². The molecule has 3 N–H and O–H groups in total. The summed E-state index contributed by atoms with van der Waals surface area (Å²) >= 11 is 0. The van der Waals surface area contributed by atoms with Gasteiger partial charge in [-0.3, -0.25) is 4.79 Å². The Kier molecular flexibility index (Phi) is 6.70. The highest BCUT2D eigenvalue weighted by atomic mass is 16.3. The molecule has 0 aromatic rings. The summed E-state index contributed by atoms with van der Waals surface area (Å²) in [6.07, 6.45) is 1.02. The molecule has 1 atom stereocenters. The van der Waals surface area contributed by atoms with Gasteiger partial charge in [0.1, 0.15) is 0 Å². The van der Waals surface area contributed by atoms with Crippen LogP contribution in [0.4, 0.5) is 0 Å². The number of amides is 1. The Morgan fingerprint density at radius 2 is 2.25 bits per heavy atom. The van der Waals surface area contributed by atoms with Crippen LogP contribution in [0.15, 0.2) is 0 Å². The summed E-state index contributed by atoms with van der Waals surface area (Å²) in [4.78, 5) is 11.0. The van der Waals surface area contributed by atoms with Gasteiger partial charge in [0.15, 0.2) is 0 Å². The van der Waals surface area contributed by atoms with Crippen molar-refractivity contribution in [3.8, 4) is 0 Å². The number of hydrogen-bond donors (Lipinski definition) is 3. The van der Waals surface area contributed by atoms with Gasteiger partial charge in [-0.05, 0) is 19.9 Å². The SMILES string of the molecule is CCCNCC(=O)N[C@@H](C)CO. The molecule has 0 radical (unpaired) electrons. The third-order valence-electron chi connectivity index (χ3n) is 1.39. The summed E-state index contributed by atoms with van der Waals surface area (Å²) in [7, 11) is 0. The Hall–Kier alpha value is -0.610. The number of aliphatic hydroxyl groups is 1. The van der Waals surface area contributed by atoms with Crippen LogP contribution >= 0.6 is 0 Å². The number of hydrogen-bond acceptors (Lipinski definition) is 3. The smallest absolute Gasteiger partial charge is 0.234 e. The zero-order chi connectivity index (χ0) is 9.40. The van der Waals surface area contributed by atoms with Gasteiger partial charge in [0.25, 0.3) is 0 Å². The second kappa shape index (κ2) is 7.06. The highest BCUT2D eigenvalue weighted by Crippen LogP contribution is 1.77. The molecule has 0 aromatic carbocycles. The molecule has 4 nitrogen and oxygen atoms in total. The van der Waals surface area contributed by atoms with Crippen molar-refractivity contribution >= 4 is 5.91 Å². The van der Waals surface area contributed by atoms with Crippen molar-refractivity contribution in [2.75, 3.05) is 19.7 Å². The van der Waals surface area contributed by atoms with Crippen molar-refractivity contribution in [3.63, 3.8) is 0 Å². The fourth-order valence-electron chi connectivity index (χ4n) is 0.750. The number of carbonyl (C=O) groups is 1. The van der Waals surface area contributed by atoms with Crippen LogP contribution in [0.5, 0.6) is 0 Å². The van der Waals surface area contributed by atoms with Crippen molar-refractivity contribution in [2.24, 2.45) is 0 Å². The zero-order valence-corrected chi connectivity index (χ0v) is 7.76. The van der Waals surface area contributed by atoms with Gasteiger partial charge >= 0.3 is 0 Å². The van der Waals surface area contributed by atoms with Crippen LogP contribution < -0.4 is 10.6 Å². The quantitative estimate of drug-likeness (QED) is 0.475. The minimum Gasteiger partial charge on any atom is -0.394 e. The van der Waals surface area contributed by atoms with Gasteiger partial charge in [-0.25, -0.2) is 0 Å². The summed E-state index contributed by atoms with van der Waals surface area (Å²) in [6, 6.07) is -0.152. The largest absolute Gasteiger partial charge is 0.394 e. The Bertz CT molecular complexity index is 128. The first-order valence-electron chi connectivity index (χ1n) is 4.31. The highest BCUT2D eigenvalue weighted by Gasteiger charge is 2.03. The summed E-state index contributed by atoms with van der Waals surface area (Å²) in [5.74, 6) is -0.0648. The average Bonchev–Trinajstić information content (AvgIpc) is 2.05. The Labute approximate surface area is 73.3 Å². The molecule has 0 bridgehead atoms. The standard InChI is InChI=1S/C8H18N2O2/c1-3-4-9-5-8(12)10-7(2)6-11/h7,9,11H,3-6H2,1-2H3,(H,10,12)/t7-/m0/s1. The van der Waals surface area contributed by atoms with Crippen LogP contribution in [0, 0.1) is 0 Å². The van der Waals surface area contributed by atoms with E-state index in [0.29, 0.717) is 6.54 Å². The van der Waals surface area contributed by atoms with Crippen molar-refractivity contribution in [3.05, 3.63) is 0 Å². The Morgan fingerprint density at radius 3 is 2.75 bits per heavy atom. The van der Waals surface area contributed by atoms with Crippen LogP contribution in [0.25, 0.3) is 0 Å². The Morgan fingerprint density at radius 1 is 1.58 bits per heavy atom. The van der Waals surface area contributed by atoms with E-state index in [4.69, 9.17) is 5.11 Å². The summed E-state index contributed by atoms with van der Waals surface area (Å²) in [5.41, 5.74) is 0. The molecule has 0 aliphatic rings. The molecule has 0 aromatic heterocycles. The predicted octanol–water partition coefficient (Wildman–Crippen LogP) is -0.517. The van der Waals surface area contributed by atoms with E-state index in [1.807, 2.05) is 6.92 Å². The number of carbonyl (C=O) groups excluding carboxylic acids is 1. The van der Waals surface area contributed by atoms with E-state index >= 15 is 0 Å².